The Labute approximate surface area is 149 Å². The molecule has 0 bridgehead atoms. The normalized spacial score (nSPS) is 10.8. The summed E-state index contributed by atoms with van der Waals surface area (Å²) in [6, 6.07) is 8.70. The Bertz CT molecular complexity index is 720. The molecule has 0 aliphatic rings. The number of ether oxygens (including phenoxy) is 2. The van der Waals surface area contributed by atoms with Crippen LogP contribution in [0, 0.1) is 0 Å². The third-order valence-corrected chi connectivity index (χ3v) is 3.97. The van der Waals surface area contributed by atoms with Crippen molar-refractivity contribution in [1.29, 1.82) is 0 Å². The average molecular weight is 375 g/mol. The minimum atomic E-state index is 0.272. The summed E-state index contributed by atoms with van der Waals surface area (Å²) in [5.74, 6) is 0.994. The zero-order valence-electron chi connectivity index (χ0n) is 12.5. The lowest BCUT2D eigenvalue weighted by molar-refractivity contribution is 0.132. The van der Waals surface area contributed by atoms with Crippen LogP contribution in [0.3, 0.4) is 0 Å². The van der Waals surface area contributed by atoms with Crippen molar-refractivity contribution in [3.8, 4) is 11.5 Å². The number of benzene rings is 2. The number of hydrogen-bond acceptors (Lipinski definition) is 4. The van der Waals surface area contributed by atoms with Crippen LogP contribution in [-0.4, -0.2) is 20.4 Å². The van der Waals surface area contributed by atoms with Gasteiger partial charge in [0.25, 0.3) is 0 Å². The number of hydrogen-bond donors (Lipinski definition) is 0. The van der Waals surface area contributed by atoms with Crippen LogP contribution >= 0.6 is 34.8 Å². The predicted octanol–water partition coefficient (Wildman–Crippen LogP) is 5.21. The topological polar surface area (TPSA) is 40.0 Å². The molecular weight excluding hydrogens is 361 g/mol. The Morgan fingerprint density at radius 1 is 0.957 bits per heavy atom. The Balaban J connectivity index is 2.03. The lowest BCUT2D eigenvalue weighted by Gasteiger charge is -2.09. The van der Waals surface area contributed by atoms with E-state index in [1.165, 1.54) is 20.4 Å². The molecule has 0 fully saturated rings. The summed E-state index contributed by atoms with van der Waals surface area (Å²) in [5, 5.41) is 5.31. The molecule has 0 aliphatic heterocycles. The SMILES string of the molecule is COc1cc(C=NOCc2ccc(Cl)c(Cl)c2)cc(Cl)c1OC. The molecule has 7 heteroatoms. The zero-order valence-corrected chi connectivity index (χ0v) is 14.7. The van der Waals surface area contributed by atoms with E-state index in [1.54, 1.807) is 24.3 Å². The molecule has 0 saturated carbocycles. The smallest absolute Gasteiger partial charge is 0.179 e. The fraction of sp³-hybridized carbons (Fsp3) is 0.188. The Kier molecular flexibility index (Phi) is 6.39. The number of nitrogens with zero attached hydrogens (tertiary/aromatic N) is 1. The van der Waals surface area contributed by atoms with Gasteiger partial charge < -0.3 is 14.3 Å². The standard InChI is InChI=1S/C16H14Cl3NO3/c1-21-15-7-11(6-14(19)16(15)22-2)8-20-23-9-10-3-4-12(17)13(18)5-10/h3-8H,9H2,1-2H3. The van der Waals surface area contributed by atoms with Crippen LogP contribution in [0.15, 0.2) is 35.5 Å². The first-order valence-corrected chi connectivity index (χ1v) is 7.69. The van der Waals surface area contributed by atoms with Gasteiger partial charge in [-0.05, 0) is 29.8 Å². The minimum absolute atomic E-state index is 0.272. The molecular formula is C16H14Cl3NO3. The number of rotatable bonds is 6. The maximum absolute atomic E-state index is 6.12. The Morgan fingerprint density at radius 3 is 2.39 bits per heavy atom. The van der Waals surface area contributed by atoms with Crippen molar-refractivity contribution in [3.63, 3.8) is 0 Å². The highest BCUT2D eigenvalue weighted by Gasteiger charge is 2.10. The summed E-state index contributed by atoms with van der Waals surface area (Å²) in [4.78, 5) is 5.24. The molecule has 0 heterocycles. The van der Waals surface area contributed by atoms with Gasteiger partial charge in [0.1, 0.15) is 6.61 Å². The van der Waals surface area contributed by atoms with E-state index < -0.39 is 0 Å². The Morgan fingerprint density at radius 2 is 1.74 bits per heavy atom. The quantitative estimate of drug-likeness (QED) is 0.514. The van der Waals surface area contributed by atoms with E-state index in [4.69, 9.17) is 49.1 Å². The van der Waals surface area contributed by atoms with Gasteiger partial charge >= 0.3 is 0 Å². The fourth-order valence-electron chi connectivity index (χ4n) is 1.85. The number of halogens is 3. The van der Waals surface area contributed by atoms with Crippen LogP contribution in [0.2, 0.25) is 15.1 Å². The third-order valence-electron chi connectivity index (χ3n) is 2.95. The second-order valence-corrected chi connectivity index (χ2v) is 5.72. The molecule has 0 atom stereocenters. The summed E-state index contributed by atoms with van der Waals surface area (Å²) in [5.41, 5.74) is 1.59. The first kappa shape index (κ1) is 17.7. The molecule has 23 heavy (non-hydrogen) atoms. The fourth-order valence-corrected chi connectivity index (χ4v) is 2.47. The van der Waals surface area contributed by atoms with Gasteiger partial charge in [0, 0.05) is 5.56 Å². The predicted molar refractivity (Wildman–Crippen MR) is 93.4 cm³/mol. The van der Waals surface area contributed by atoms with E-state index in [2.05, 4.69) is 5.16 Å². The van der Waals surface area contributed by atoms with Crippen molar-refractivity contribution in [2.45, 2.75) is 6.61 Å². The van der Waals surface area contributed by atoms with Gasteiger partial charge in [-0.1, -0.05) is 46.0 Å². The summed E-state index contributed by atoms with van der Waals surface area (Å²) in [7, 11) is 3.06. The summed E-state index contributed by atoms with van der Waals surface area (Å²) < 4.78 is 10.4. The molecule has 2 rings (SSSR count). The van der Waals surface area contributed by atoms with Gasteiger partial charge in [0.15, 0.2) is 11.5 Å². The van der Waals surface area contributed by atoms with Crippen LogP contribution in [0.1, 0.15) is 11.1 Å². The Hall–Kier alpha value is -1.62. The van der Waals surface area contributed by atoms with Crippen LogP contribution in [0.4, 0.5) is 0 Å². The van der Waals surface area contributed by atoms with Crippen LogP contribution in [0.25, 0.3) is 0 Å². The maximum Gasteiger partial charge on any atom is 0.179 e. The third kappa shape index (κ3) is 4.67. The van der Waals surface area contributed by atoms with Gasteiger partial charge in [0.05, 0.1) is 35.5 Å². The van der Waals surface area contributed by atoms with E-state index in [0.29, 0.717) is 26.6 Å². The molecule has 0 saturated heterocycles. The summed E-state index contributed by atoms with van der Waals surface area (Å²) in [6.07, 6.45) is 1.53. The maximum atomic E-state index is 6.12. The van der Waals surface area contributed by atoms with Crippen molar-refractivity contribution in [1.82, 2.24) is 0 Å². The van der Waals surface area contributed by atoms with Crippen molar-refractivity contribution in [3.05, 3.63) is 56.5 Å². The lowest BCUT2D eigenvalue weighted by atomic mass is 10.2. The zero-order chi connectivity index (χ0) is 16.8. The average Bonchev–Trinajstić information content (AvgIpc) is 2.54. The second-order valence-electron chi connectivity index (χ2n) is 4.49. The first-order chi connectivity index (χ1) is 11.0. The highest BCUT2D eigenvalue weighted by atomic mass is 35.5. The van der Waals surface area contributed by atoms with Crippen LogP contribution < -0.4 is 9.47 Å². The highest BCUT2D eigenvalue weighted by Crippen LogP contribution is 2.35. The van der Waals surface area contributed by atoms with E-state index >= 15 is 0 Å². The van der Waals surface area contributed by atoms with Crippen LogP contribution in [-0.2, 0) is 11.4 Å². The van der Waals surface area contributed by atoms with Gasteiger partial charge in [-0.3, -0.25) is 0 Å². The molecule has 0 N–H and O–H groups in total. The number of methoxy groups -OCH3 is 2. The monoisotopic (exact) mass is 373 g/mol. The van der Waals surface area contributed by atoms with Crippen molar-refractivity contribution < 1.29 is 14.3 Å². The molecule has 0 aromatic heterocycles. The second kappa shape index (κ2) is 8.29. The molecule has 0 amide bonds. The molecule has 0 unspecified atom stereocenters. The van der Waals surface area contributed by atoms with Crippen molar-refractivity contribution in [2.75, 3.05) is 14.2 Å². The number of oxime groups is 1. The summed E-state index contributed by atoms with van der Waals surface area (Å²) >= 11 is 17.9. The summed E-state index contributed by atoms with van der Waals surface area (Å²) in [6.45, 7) is 0.272. The molecule has 4 nitrogen and oxygen atoms in total. The van der Waals surface area contributed by atoms with Crippen LogP contribution in [0.5, 0.6) is 11.5 Å². The van der Waals surface area contributed by atoms with Gasteiger partial charge in [-0.25, -0.2) is 0 Å². The highest BCUT2D eigenvalue weighted by molar-refractivity contribution is 6.42. The molecule has 2 aromatic carbocycles. The van der Waals surface area contributed by atoms with E-state index in [1.807, 2.05) is 6.07 Å². The van der Waals surface area contributed by atoms with E-state index in [9.17, 15) is 0 Å². The lowest BCUT2D eigenvalue weighted by Crippen LogP contribution is -1.94. The largest absolute Gasteiger partial charge is 0.493 e. The first-order valence-electron chi connectivity index (χ1n) is 6.56. The van der Waals surface area contributed by atoms with E-state index in [-0.39, 0.29) is 6.61 Å². The van der Waals surface area contributed by atoms with Gasteiger partial charge in [-0.2, -0.15) is 0 Å². The molecule has 2 aromatic rings. The van der Waals surface area contributed by atoms with Crippen molar-refractivity contribution >= 4 is 41.0 Å². The van der Waals surface area contributed by atoms with Gasteiger partial charge in [-0.15, -0.1) is 0 Å². The van der Waals surface area contributed by atoms with E-state index in [0.717, 1.165) is 11.1 Å². The molecule has 0 spiro atoms. The molecule has 122 valence electrons. The minimum Gasteiger partial charge on any atom is -0.493 e. The van der Waals surface area contributed by atoms with Gasteiger partial charge in [0.2, 0.25) is 0 Å². The molecule has 0 aliphatic carbocycles. The van der Waals surface area contributed by atoms with Crippen molar-refractivity contribution in [2.24, 2.45) is 5.16 Å². The molecule has 0 radical (unpaired) electrons.